The maximum atomic E-state index is 13.3. The molecule has 0 aliphatic heterocycles. The van der Waals surface area contributed by atoms with E-state index in [2.05, 4.69) is 40.2 Å². The zero-order valence-corrected chi connectivity index (χ0v) is 16.8. The molecule has 0 atom stereocenters. The van der Waals surface area contributed by atoms with Crippen LogP contribution in [0.5, 0.6) is 0 Å². The summed E-state index contributed by atoms with van der Waals surface area (Å²) in [5.41, 5.74) is 4.56. The third-order valence-electron chi connectivity index (χ3n) is 3.87. The molecule has 0 aliphatic carbocycles. The molecular formula is C23H23FN2S. The zero-order valence-electron chi connectivity index (χ0n) is 16.0. The van der Waals surface area contributed by atoms with Gasteiger partial charge in [-0.05, 0) is 91.1 Å². The third kappa shape index (κ3) is 5.35. The van der Waals surface area contributed by atoms with Gasteiger partial charge in [-0.1, -0.05) is 12.0 Å². The Morgan fingerprint density at radius 1 is 0.963 bits per heavy atom. The molecule has 0 saturated carbocycles. The first-order valence-corrected chi connectivity index (χ1v) is 11.5. The molecule has 4 heteroatoms. The Morgan fingerprint density at radius 3 is 2.37 bits per heavy atom. The first-order valence-electron chi connectivity index (χ1n) is 8.62. The van der Waals surface area contributed by atoms with Crippen LogP contribution in [0, 0.1) is 23.9 Å². The van der Waals surface area contributed by atoms with Gasteiger partial charge in [-0.25, -0.2) is 9.37 Å². The Bertz CT molecular complexity index is 1010. The standard InChI is InChI=1S/C23H23FN2S/c1-17-16-19(24)10-13-21(17)22-6-5-7-23(26-22)25-20-11-8-18(9-12-20)14-15-27(2,3)4/h5-13,16H,1-4H3,(H,25,26). The highest BCUT2D eigenvalue weighted by atomic mass is 32.3. The van der Waals surface area contributed by atoms with E-state index in [-0.39, 0.29) is 5.82 Å². The summed E-state index contributed by atoms with van der Waals surface area (Å²) >= 11 is 0. The minimum absolute atomic E-state index is 0.234. The van der Waals surface area contributed by atoms with Crippen molar-refractivity contribution in [3.8, 4) is 22.4 Å². The number of pyridine rings is 1. The van der Waals surface area contributed by atoms with Gasteiger partial charge in [0.25, 0.3) is 0 Å². The number of aromatic nitrogens is 1. The van der Waals surface area contributed by atoms with Crippen molar-refractivity contribution < 1.29 is 4.39 Å². The molecule has 0 aliphatic rings. The lowest BCUT2D eigenvalue weighted by molar-refractivity contribution is 0.627. The van der Waals surface area contributed by atoms with E-state index in [0.717, 1.165) is 33.9 Å². The molecule has 0 fully saturated rings. The summed E-state index contributed by atoms with van der Waals surface area (Å²) in [6.07, 6.45) is 6.53. The maximum Gasteiger partial charge on any atom is 0.131 e. The van der Waals surface area contributed by atoms with Gasteiger partial charge in [-0.2, -0.15) is 10.0 Å². The van der Waals surface area contributed by atoms with E-state index >= 15 is 0 Å². The first-order chi connectivity index (χ1) is 12.8. The fourth-order valence-corrected chi connectivity index (χ4v) is 2.99. The molecule has 1 N–H and O–H groups in total. The van der Waals surface area contributed by atoms with Gasteiger partial charge in [-0.3, -0.25) is 0 Å². The number of hydrogen-bond donors (Lipinski definition) is 1. The van der Waals surface area contributed by atoms with Crippen molar-refractivity contribution in [2.45, 2.75) is 6.92 Å². The number of nitrogens with zero attached hydrogens (tertiary/aromatic N) is 1. The number of halogens is 1. The van der Waals surface area contributed by atoms with E-state index in [1.807, 2.05) is 49.4 Å². The van der Waals surface area contributed by atoms with Crippen LogP contribution in [-0.2, 0) is 0 Å². The highest BCUT2D eigenvalue weighted by Gasteiger charge is 2.06. The van der Waals surface area contributed by atoms with E-state index in [1.165, 1.54) is 12.1 Å². The molecule has 1 heterocycles. The lowest BCUT2D eigenvalue weighted by atomic mass is 10.1. The summed E-state index contributed by atoms with van der Waals surface area (Å²) in [6.45, 7) is 1.89. The summed E-state index contributed by atoms with van der Waals surface area (Å²) < 4.78 is 13.3. The summed E-state index contributed by atoms with van der Waals surface area (Å²) in [4.78, 5) is 4.66. The summed E-state index contributed by atoms with van der Waals surface area (Å²) in [7, 11) is -0.829. The van der Waals surface area contributed by atoms with E-state index in [0.29, 0.717) is 0 Å². The monoisotopic (exact) mass is 378 g/mol. The van der Waals surface area contributed by atoms with E-state index in [1.54, 1.807) is 6.07 Å². The average molecular weight is 379 g/mol. The van der Waals surface area contributed by atoms with Gasteiger partial charge < -0.3 is 5.32 Å². The fourth-order valence-electron chi connectivity index (χ4n) is 2.57. The Hall–Kier alpha value is -2.77. The quantitative estimate of drug-likeness (QED) is 0.570. The fraction of sp³-hybridized carbons (Fsp3) is 0.174. The highest BCUT2D eigenvalue weighted by molar-refractivity contribution is 8.35. The van der Waals surface area contributed by atoms with Gasteiger partial charge in [0, 0.05) is 16.8 Å². The van der Waals surface area contributed by atoms with Gasteiger partial charge in [0.15, 0.2) is 0 Å². The summed E-state index contributed by atoms with van der Waals surface area (Å²) in [6, 6.07) is 18.6. The molecule has 0 unspecified atom stereocenters. The largest absolute Gasteiger partial charge is 0.340 e. The molecule has 0 amide bonds. The zero-order chi connectivity index (χ0) is 19.4. The lowest BCUT2D eigenvalue weighted by Gasteiger charge is -2.14. The minimum atomic E-state index is -0.829. The molecule has 0 saturated heterocycles. The lowest BCUT2D eigenvalue weighted by Crippen LogP contribution is -1.96. The maximum absolute atomic E-state index is 13.3. The number of benzene rings is 2. The molecule has 0 bridgehead atoms. The number of anilines is 2. The van der Waals surface area contributed by atoms with Crippen LogP contribution in [0.4, 0.5) is 15.9 Å². The molecule has 0 spiro atoms. The molecule has 27 heavy (non-hydrogen) atoms. The van der Waals surface area contributed by atoms with Crippen molar-refractivity contribution in [1.82, 2.24) is 4.98 Å². The molecule has 3 aromatic rings. The number of rotatable bonds is 3. The molecule has 138 valence electrons. The van der Waals surface area contributed by atoms with Crippen LogP contribution in [-0.4, -0.2) is 23.8 Å². The molecule has 1 aromatic heterocycles. The molecule has 3 rings (SSSR count). The van der Waals surface area contributed by atoms with Gasteiger partial charge >= 0.3 is 0 Å². The predicted molar refractivity (Wildman–Crippen MR) is 116 cm³/mol. The van der Waals surface area contributed by atoms with Crippen LogP contribution in [0.2, 0.25) is 0 Å². The third-order valence-corrected chi connectivity index (χ3v) is 4.59. The Kier molecular flexibility index (Phi) is 5.53. The van der Waals surface area contributed by atoms with Crippen molar-refractivity contribution in [2.75, 3.05) is 24.1 Å². The Labute approximate surface area is 162 Å². The van der Waals surface area contributed by atoms with Crippen LogP contribution in [0.1, 0.15) is 11.1 Å². The molecule has 2 nitrogen and oxygen atoms in total. The van der Waals surface area contributed by atoms with Gasteiger partial charge in [0.1, 0.15) is 11.6 Å². The van der Waals surface area contributed by atoms with Crippen LogP contribution < -0.4 is 5.32 Å². The van der Waals surface area contributed by atoms with Crippen molar-refractivity contribution in [2.24, 2.45) is 0 Å². The van der Waals surface area contributed by atoms with Crippen LogP contribution in [0.25, 0.3) is 11.3 Å². The predicted octanol–water partition coefficient (Wildman–Crippen LogP) is 5.94. The van der Waals surface area contributed by atoms with Gasteiger partial charge in [-0.15, -0.1) is 0 Å². The van der Waals surface area contributed by atoms with Gasteiger partial charge in [0.2, 0.25) is 0 Å². The van der Waals surface area contributed by atoms with Crippen molar-refractivity contribution in [3.05, 3.63) is 77.6 Å². The average Bonchev–Trinajstić information content (AvgIpc) is 2.61. The molecule has 0 radical (unpaired) electrons. The summed E-state index contributed by atoms with van der Waals surface area (Å²) in [5, 5.41) is 6.63. The second kappa shape index (κ2) is 7.85. The number of hydrogen-bond acceptors (Lipinski definition) is 2. The van der Waals surface area contributed by atoms with E-state index in [4.69, 9.17) is 0 Å². The van der Waals surface area contributed by atoms with Crippen molar-refractivity contribution >= 4 is 21.5 Å². The molecular weight excluding hydrogens is 355 g/mol. The topological polar surface area (TPSA) is 24.9 Å². The van der Waals surface area contributed by atoms with Crippen molar-refractivity contribution in [1.29, 1.82) is 0 Å². The number of nitrogens with one attached hydrogen (secondary N) is 1. The highest BCUT2D eigenvalue weighted by Crippen LogP contribution is 2.32. The smallest absolute Gasteiger partial charge is 0.131 e. The molecule has 2 aromatic carbocycles. The Morgan fingerprint density at radius 2 is 1.70 bits per heavy atom. The Balaban J connectivity index is 1.79. The second-order valence-electron chi connectivity index (χ2n) is 7.13. The van der Waals surface area contributed by atoms with E-state index < -0.39 is 10.0 Å². The SMILES string of the molecule is Cc1cc(F)ccc1-c1cccc(Nc2ccc(C#CS(C)(C)C)cc2)n1. The van der Waals surface area contributed by atoms with E-state index in [9.17, 15) is 4.39 Å². The van der Waals surface area contributed by atoms with Crippen LogP contribution >= 0.6 is 10.0 Å². The van der Waals surface area contributed by atoms with Gasteiger partial charge in [0.05, 0.1) is 5.69 Å². The normalized spacial score (nSPS) is 11.4. The van der Waals surface area contributed by atoms with Crippen LogP contribution in [0.15, 0.2) is 60.7 Å². The minimum Gasteiger partial charge on any atom is -0.340 e. The summed E-state index contributed by atoms with van der Waals surface area (Å²) in [5.74, 6) is 3.74. The first kappa shape index (κ1) is 19.0. The number of aryl methyl sites for hydroxylation is 1. The van der Waals surface area contributed by atoms with Crippen molar-refractivity contribution in [3.63, 3.8) is 0 Å². The second-order valence-corrected chi connectivity index (χ2v) is 11.0. The van der Waals surface area contributed by atoms with Crippen LogP contribution in [0.3, 0.4) is 0 Å².